The summed E-state index contributed by atoms with van der Waals surface area (Å²) in [5, 5.41) is 9.57. The van der Waals surface area contributed by atoms with E-state index in [4.69, 9.17) is 0 Å². The van der Waals surface area contributed by atoms with Gasteiger partial charge in [0.15, 0.2) is 5.69 Å². The molecule has 0 aliphatic carbocycles. The van der Waals surface area contributed by atoms with Crippen LogP contribution in [0.15, 0.2) is 16.9 Å². The average molecular weight is 478 g/mol. The molecular formula is C14H14BrF6N5O2. The van der Waals surface area contributed by atoms with Gasteiger partial charge in [0.25, 0.3) is 0 Å². The summed E-state index contributed by atoms with van der Waals surface area (Å²) < 4.78 is 81.0. The minimum atomic E-state index is -4.69. The molecule has 28 heavy (non-hydrogen) atoms. The van der Waals surface area contributed by atoms with E-state index in [2.05, 4.69) is 36.2 Å². The highest BCUT2D eigenvalue weighted by Gasteiger charge is 2.39. The lowest BCUT2D eigenvalue weighted by Crippen LogP contribution is -2.25. The zero-order chi connectivity index (χ0) is 21.3. The van der Waals surface area contributed by atoms with E-state index in [0.29, 0.717) is 0 Å². The van der Waals surface area contributed by atoms with Crippen LogP contribution in [-0.4, -0.2) is 38.3 Å². The quantitative estimate of drug-likeness (QED) is 0.640. The highest BCUT2D eigenvalue weighted by Crippen LogP contribution is 2.36. The van der Waals surface area contributed by atoms with Gasteiger partial charge in [-0.25, -0.2) is 4.68 Å². The van der Waals surface area contributed by atoms with Crippen LogP contribution in [0.3, 0.4) is 0 Å². The van der Waals surface area contributed by atoms with Crippen LogP contribution in [0.2, 0.25) is 0 Å². The predicted octanol–water partition coefficient (Wildman–Crippen LogP) is 3.91. The molecule has 1 atom stereocenters. The monoisotopic (exact) mass is 477 g/mol. The fourth-order valence-electron chi connectivity index (χ4n) is 2.17. The zero-order valence-electron chi connectivity index (χ0n) is 14.4. The molecule has 0 saturated carbocycles. The SMILES string of the molecule is Cc1c(Br)c(C(F)(F)F)nn1C(C)C(=O)Nc1cnn(COCC(F)(F)F)c1. The van der Waals surface area contributed by atoms with Gasteiger partial charge in [-0.1, -0.05) is 0 Å². The third-order valence-electron chi connectivity index (χ3n) is 3.48. The van der Waals surface area contributed by atoms with Crippen molar-refractivity contribution in [1.82, 2.24) is 19.6 Å². The van der Waals surface area contributed by atoms with Crippen LogP contribution in [0, 0.1) is 6.92 Å². The zero-order valence-corrected chi connectivity index (χ0v) is 16.0. The molecule has 0 aromatic carbocycles. The van der Waals surface area contributed by atoms with Gasteiger partial charge in [0.2, 0.25) is 5.91 Å². The number of anilines is 1. The molecule has 7 nitrogen and oxygen atoms in total. The van der Waals surface area contributed by atoms with E-state index in [0.717, 1.165) is 15.6 Å². The van der Waals surface area contributed by atoms with E-state index in [9.17, 15) is 31.1 Å². The Balaban J connectivity index is 2.04. The van der Waals surface area contributed by atoms with Gasteiger partial charge in [-0.05, 0) is 29.8 Å². The predicted molar refractivity (Wildman–Crippen MR) is 87.2 cm³/mol. The van der Waals surface area contributed by atoms with Crippen molar-refractivity contribution in [2.75, 3.05) is 11.9 Å². The molecule has 1 amide bonds. The number of hydrogen-bond acceptors (Lipinski definition) is 4. The number of alkyl halides is 6. The highest BCUT2D eigenvalue weighted by molar-refractivity contribution is 9.10. The summed E-state index contributed by atoms with van der Waals surface area (Å²) >= 11 is 2.82. The van der Waals surface area contributed by atoms with Crippen LogP contribution in [0.4, 0.5) is 32.0 Å². The van der Waals surface area contributed by atoms with E-state index < -0.39 is 43.3 Å². The highest BCUT2D eigenvalue weighted by atomic mass is 79.9. The largest absolute Gasteiger partial charge is 0.436 e. The summed E-state index contributed by atoms with van der Waals surface area (Å²) in [7, 11) is 0. The van der Waals surface area contributed by atoms with E-state index in [-0.39, 0.29) is 15.9 Å². The summed E-state index contributed by atoms with van der Waals surface area (Å²) in [6.07, 6.45) is -6.80. The summed E-state index contributed by atoms with van der Waals surface area (Å²) in [5.74, 6) is -0.692. The molecule has 2 aromatic rings. The number of halogens is 7. The molecule has 0 radical (unpaired) electrons. The fourth-order valence-corrected chi connectivity index (χ4v) is 2.65. The van der Waals surface area contributed by atoms with Crippen LogP contribution in [0.5, 0.6) is 0 Å². The number of amides is 1. The topological polar surface area (TPSA) is 74.0 Å². The van der Waals surface area contributed by atoms with Crippen LogP contribution in [0.1, 0.15) is 24.4 Å². The van der Waals surface area contributed by atoms with E-state index in [1.807, 2.05) is 0 Å². The van der Waals surface area contributed by atoms with Crippen molar-refractivity contribution >= 4 is 27.5 Å². The first kappa shape index (κ1) is 22.2. The second-order valence-corrected chi connectivity index (χ2v) is 6.51. The molecule has 156 valence electrons. The van der Waals surface area contributed by atoms with Gasteiger partial charge in [0.05, 0.1) is 28.2 Å². The molecule has 0 aliphatic heterocycles. The second kappa shape index (κ2) is 8.11. The standard InChI is InChI=1S/C14H14BrF6N5O2/c1-7-10(15)11(14(19,20)21)24-26(7)8(2)12(27)23-9-3-22-25(4-9)6-28-5-13(16,17)18/h3-4,8H,5-6H2,1-2H3,(H,23,27). The van der Waals surface area contributed by atoms with Gasteiger partial charge in [0.1, 0.15) is 19.4 Å². The first-order chi connectivity index (χ1) is 12.8. The number of nitrogens with zero attached hydrogens (tertiary/aromatic N) is 4. The number of carbonyl (C=O) groups is 1. The van der Waals surface area contributed by atoms with Gasteiger partial charge in [-0.3, -0.25) is 9.48 Å². The molecule has 0 fully saturated rings. The van der Waals surface area contributed by atoms with Crippen molar-refractivity contribution in [3.8, 4) is 0 Å². The maximum atomic E-state index is 12.9. The molecule has 14 heteroatoms. The van der Waals surface area contributed by atoms with Crippen molar-refractivity contribution in [3.05, 3.63) is 28.3 Å². The number of nitrogens with one attached hydrogen (secondary N) is 1. The van der Waals surface area contributed by atoms with E-state index in [1.165, 1.54) is 20.0 Å². The van der Waals surface area contributed by atoms with Crippen LogP contribution < -0.4 is 5.32 Å². The molecule has 1 unspecified atom stereocenters. The van der Waals surface area contributed by atoms with Crippen molar-refractivity contribution in [3.63, 3.8) is 0 Å². The number of aromatic nitrogens is 4. The summed E-state index contributed by atoms with van der Waals surface area (Å²) in [5.41, 5.74) is -0.919. The fraction of sp³-hybridized carbons (Fsp3) is 0.500. The number of hydrogen-bond donors (Lipinski definition) is 1. The molecule has 2 aromatic heterocycles. The third kappa shape index (κ3) is 5.47. The lowest BCUT2D eigenvalue weighted by Gasteiger charge is -2.13. The third-order valence-corrected chi connectivity index (χ3v) is 4.43. The first-order valence-corrected chi connectivity index (χ1v) is 8.38. The van der Waals surface area contributed by atoms with Gasteiger partial charge < -0.3 is 10.1 Å². The minimum absolute atomic E-state index is 0.103. The number of ether oxygens (including phenoxy) is 1. The smallest absolute Gasteiger partial charge is 0.350 e. The molecule has 0 bridgehead atoms. The number of rotatable bonds is 6. The van der Waals surface area contributed by atoms with E-state index in [1.54, 1.807) is 0 Å². The normalized spacial score (nSPS) is 13.6. The van der Waals surface area contributed by atoms with Crippen LogP contribution in [-0.2, 0) is 22.4 Å². The van der Waals surface area contributed by atoms with Gasteiger partial charge in [-0.15, -0.1) is 0 Å². The summed E-state index contributed by atoms with van der Waals surface area (Å²) in [6.45, 7) is 0.760. The molecule has 0 spiro atoms. The molecular weight excluding hydrogens is 464 g/mol. The Bertz CT molecular complexity index is 844. The molecule has 1 N–H and O–H groups in total. The Morgan fingerprint density at radius 2 is 1.96 bits per heavy atom. The molecule has 0 aliphatic rings. The average Bonchev–Trinajstić information content (AvgIpc) is 3.10. The summed E-state index contributed by atoms with van der Waals surface area (Å²) in [6, 6.07) is -1.10. The van der Waals surface area contributed by atoms with Crippen LogP contribution >= 0.6 is 15.9 Å². The molecule has 0 saturated heterocycles. The Labute approximate surface area is 162 Å². The maximum Gasteiger partial charge on any atom is 0.436 e. The Hall–Kier alpha value is -2.09. The molecule has 2 rings (SSSR count). The van der Waals surface area contributed by atoms with Gasteiger partial charge in [-0.2, -0.15) is 36.5 Å². The van der Waals surface area contributed by atoms with Crippen molar-refractivity contribution in [2.45, 2.75) is 39.0 Å². The first-order valence-electron chi connectivity index (χ1n) is 7.59. The number of carbonyl (C=O) groups excluding carboxylic acids is 1. The lowest BCUT2D eigenvalue weighted by molar-refractivity contribution is -0.182. The Kier molecular flexibility index (Phi) is 6.43. The van der Waals surface area contributed by atoms with Crippen LogP contribution in [0.25, 0.3) is 0 Å². The maximum absolute atomic E-state index is 12.9. The van der Waals surface area contributed by atoms with Gasteiger partial charge in [0, 0.05) is 0 Å². The molecule has 2 heterocycles. The van der Waals surface area contributed by atoms with Crippen molar-refractivity contribution < 1.29 is 35.9 Å². The Morgan fingerprint density at radius 1 is 1.32 bits per heavy atom. The van der Waals surface area contributed by atoms with Crippen molar-refractivity contribution in [1.29, 1.82) is 0 Å². The Morgan fingerprint density at radius 3 is 2.50 bits per heavy atom. The van der Waals surface area contributed by atoms with E-state index >= 15 is 0 Å². The second-order valence-electron chi connectivity index (χ2n) is 5.72. The minimum Gasteiger partial charge on any atom is -0.350 e. The lowest BCUT2D eigenvalue weighted by atomic mass is 10.3. The summed E-state index contributed by atoms with van der Waals surface area (Å²) in [4.78, 5) is 12.3. The van der Waals surface area contributed by atoms with Gasteiger partial charge >= 0.3 is 12.4 Å². The van der Waals surface area contributed by atoms with Crippen molar-refractivity contribution in [2.24, 2.45) is 0 Å².